The van der Waals surface area contributed by atoms with Gasteiger partial charge in [-0.2, -0.15) is 0 Å². The van der Waals surface area contributed by atoms with Crippen LogP contribution in [0.2, 0.25) is 0 Å². The van der Waals surface area contributed by atoms with E-state index in [1.165, 1.54) is 11.1 Å². The van der Waals surface area contributed by atoms with E-state index < -0.39 is 0 Å². The molecule has 0 spiro atoms. The van der Waals surface area contributed by atoms with Crippen LogP contribution in [0.25, 0.3) is 11.4 Å². The number of nitrogens with one attached hydrogen (secondary N) is 1. The number of nitrogen functional groups attached to an aromatic ring is 1. The van der Waals surface area contributed by atoms with E-state index in [1.54, 1.807) is 6.20 Å². The van der Waals surface area contributed by atoms with Gasteiger partial charge in [0.15, 0.2) is 0 Å². The zero-order valence-electron chi connectivity index (χ0n) is 15.1. The summed E-state index contributed by atoms with van der Waals surface area (Å²) in [5.74, 6) is 0.226. The van der Waals surface area contributed by atoms with Crippen molar-refractivity contribution >= 4 is 17.3 Å². The molecule has 0 unspecified atom stereocenters. The number of rotatable bonds is 5. The maximum atomic E-state index is 6.57. The van der Waals surface area contributed by atoms with Gasteiger partial charge in [0.25, 0.3) is 0 Å². The highest BCUT2D eigenvalue weighted by Crippen LogP contribution is 2.27. The number of nitrogens with two attached hydrogens (primary N) is 2. The van der Waals surface area contributed by atoms with Crippen LogP contribution in [0.5, 0.6) is 0 Å². The Morgan fingerprint density at radius 2 is 2.00 bits per heavy atom. The second-order valence-corrected chi connectivity index (χ2v) is 6.21. The second kappa shape index (κ2) is 7.84. The van der Waals surface area contributed by atoms with Gasteiger partial charge in [-0.15, -0.1) is 0 Å². The highest BCUT2D eigenvalue weighted by molar-refractivity contribution is 5.88. The minimum Gasteiger partial charge on any atom is -0.396 e. The lowest BCUT2D eigenvalue weighted by Crippen LogP contribution is -2.24. The largest absolute Gasteiger partial charge is 0.396 e. The van der Waals surface area contributed by atoms with Crippen LogP contribution in [0.15, 0.2) is 60.5 Å². The third-order valence-electron chi connectivity index (χ3n) is 4.22. The first-order valence-corrected chi connectivity index (χ1v) is 8.52. The van der Waals surface area contributed by atoms with Crippen LogP contribution in [0.1, 0.15) is 16.8 Å². The Balaban J connectivity index is 2.05. The molecule has 1 aliphatic rings. The molecule has 0 amide bonds. The van der Waals surface area contributed by atoms with Crippen LogP contribution in [-0.2, 0) is 0 Å². The normalized spacial score (nSPS) is 14.8. The lowest BCUT2D eigenvalue weighted by atomic mass is 10.1. The Bertz CT molecular complexity index is 864. The fourth-order valence-electron chi connectivity index (χ4n) is 2.85. The molecule has 0 atom stereocenters. The lowest BCUT2D eigenvalue weighted by Gasteiger charge is -2.27. The molecule has 0 saturated carbocycles. The van der Waals surface area contributed by atoms with E-state index in [4.69, 9.17) is 11.5 Å². The van der Waals surface area contributed by atoms with Crippen molar-refractivity contribution in [2.24, 2.45) is 5.73 Å². The highest BCUT2D eigenvalue weighted by atomic mass is 15.1. The molecule has 0 radical (unpaired) electrons. The molecule has 1 aromatic carbocycles. The molecule has 5 N–H and O–H groups in total. The first-order valence-electron chi connectivity index (χ1n) is 8.52. The molecule has 2 aromatic rings. The Morgan fingerprint density at radius 3 is 2.62 bits per heavy atom. The summed E-state index contributed by atoms with van der Waals surface area (Å²) in [4.78, 5) is 10.5. The van der Waals surface area contributed by atoms with Crippen molar-refractivity contribution in [3.63, 3.8) is 0 Å². The van der Waals surface area contributed by atoms with E-state index in [0.717, 1.165) is 17.8 Å². The summed E-state index contributed by atoms with van der Waals surface area (Å²) in [5.41, 5.74) is 17.9. The van der Waals surface area contributed by atoms with E-state index in [9.17, 15) is 0 Å². The Morgan fingerprint density at radius 1 is 1.23 bits per heavy atom. The molecule has 3 rings (SSSR count). The fraction of sp³-hybridized carbons (Fsp3) is 0.200. The van der Waals surface area contributed by atoms with Gasteiger partial charge in [0.1, 0.15) is 0 Å². The van der Waals surface area contributed by atoms with E-state index in [2.05, 4.69) is 39.3 Å². The van der Waals surface area contributed by atoms with E-state index in [0.29, 0.717) is 17.9 Å². The van der Waals surface area contributed by atoms with Crippen molar-refractivity contribution in [1.29, 1.82) is 0 Å². The van der Waals surface area contributed by atoms with Gasteiger partial charge in [-0.25, -0.2) is 9.97 Å². The molecule has 0 saturated heterocycles. The Kier molecular flexibility index (Phi) is 5.34. The molecule has 6 heteroatoms. The van der Waals surface area contributed by atoms with Crippen molar-refractivity contribution in [2.45, 2.75) is 6.92 Å². The van der Waals surface area contributed by atoms with Gasteiger partial charge in [0.05, 0.1) is 17.1 Å². The summed E-state index contributed by atoms with van der Waals surface area (Å²) in [6.07, 6.45) is 7.92. The van der Waals surface area contributed by atoms with Gasteiger partial charge in [-0.3, -0.25) is 0 Å². The molecule has 0 bridgehead atoms. The zero-order chi connectivity index (χ0) is 18.5. The molecular weight excluding hydrogens is 324 g/mol. The fourth-order valence-corrected chi connectivity index (χ4v) is 2.85. The van der Waals surface area contributed by atoms with Crippen LogP contribution in [0.3, 0.4) is 0 Å². The summed E-state index contributed by atoms with van der Waals surface area (Å²) < 4.78 is 0. The number of hydrogen-bond donors (Lipinski definition) is 3. The number of aryl methyl sites for hydroxylation is 1. The van der Waals surface area contributed by atoms with Crippen LogP contribution in [-0.4, -0.2) is 35.0 Å². The average molecular weight is 348 g/mol. The smallest absolute Gasteiger partial charge is 0.220 e. The van der Waals surface area contributed by atoms with Crippen LogP contribution < -0.4 is 16.8 Å². The summed E-state index contributed by atoms with van der Waals surface area (Å²) in [5, 5.41) is 3.16. The molecule has 6 nitrogen and oxygen atoms in total. The average Bonchev–Trinajstić information content (AvgIpc) is 2.64. The number of nitrogens with zero attached hydrogens (tertiary/aromatic N) is 3. The van der Waals surface area contributed by atoms with Gasteiger partial charge >= 0.3 is 0 Å². The van der Waals surface area contributed by atoms with Gasteiger partial charge in [-0.1, -0.05) is 35.9 Å². The SMILES string of the molecule is CNCC1=CCN(/C(=C(\N)c2ccc(C)cc2)c2ccnc(N)n2)C=C1. The number of benzene rings is 1. The molecule has 1 aliphatic heterocycles. The van der Waals surface area contributed by atoms with Crippen LogP contribution >= 0.6 is 0 Å². The second-order valence-electron chi connectivity index (χ2n) is 6.21. The molecule has 134 valence electrons. The van der Waals surface area contributed by atoms with Crippen molar-refractivity contribution < 1.29 is 0 Å². The maximum Gasteiger partial charge on any atom is 0.220 e. The number of anilines is 1. The van der Waals surface area contributed by atoms with Gasteiger partial charge in [-0.05, 0) is 37.3 Å². The molecule has 26 heavy (non-hydrogen) atoms. The number of aromatic nitrogens is 2. The Hall–Kier alpha value is -3.12. The summed E-state index contributed by atoms with van der Waals surface area (Å²) in [6, 6.07) is 9.96. The van der Waals surface area contributed by atoms with Crippen LogP contribution in [0.4, 0.5) is 5.95 Å². The topological polar surface area (TPSA) is 93.1 Å². The molecule has 2 heterocycles. The minimum atomic E-state index is 0.226. The quantitative estimate of drug-likeness (QED) is 0.766. The van der Waals surface area contributed by atoms with Crippen molar-refractivity contribution in [1.82, 2.24) is 20.2 Å². The van der Waals surface area contributed by atoms with E-state index in [1.807, 2.05) is 43.6 Å². The maximum absolute atomic E-state index is 6.57. The molecule has 0 fully saturated rings. The van der Waals surface area contributed by atoms with E-state index >= 15 is 0 Å². The standard InChI is InChI=1S/C20H24N6/c1-14-3-5-16(6-4-14)18(21)19(17-7-10-24-20(22)25-17)26-11-8-15(9-12-26)13-23-2/h3-11,23H,12-13,21H2,1-2H3,(H2,22,24,25)/b19-18-. The first-order chi connectivity index (χ1) is 12.6. The lowest BCUT2D eigenvalue weighted by molar-refractivity contribution is 0.579. The molecule has 0 aliphatic carbocycles. The van der Waals surface area contributed by atoms with Gasteiger partial charge in [0.2, 0.25) is 5.95 Å². The van der Waals surface area contributed by atoms with Gasteiger partial charge in [0, 0.05) is 25.5 Å². The summed E-state index contributed by atoms with van der Waals surface area (Å²) in [7, 11) is 1.94. The molecular formula is C20H24N6. The third-order valence-corrected chi connectivity index (χ3v) is 4.22. The minimum absolute atomic E-state index is 0.226. The number of likely N-dealkylation sites (N-methyl/N-ethyl adjacent to an activating group) is 1. The first kappa shape index (κ1) is 17.7. The Labute approximate surface area is 153 Å². The highest BCUT2D eigenvalue weighted by Gasteiger charge is 2.18. The van der Waals surface area contributed by atoms with Gasteiger partial charge < -0.3 is 21.7 Å². The summed E-state index contributed by atoms with van der Waals surface area (Å²) >= 11 is 0. The van der Waals surface area contributed by atoms with Crippen molar-refractivity contribution in [3.05, 3.63) is 77.3 Å². The monoisotopic (exact) mass is 348 g/mol. The van der Waals surface area contributed by atoms with Crippen LogP contribution in [0, 0.1) is 6.92 Å². The number of hydrogen-bond acceptors (Lipinski definition) is 6. The zero-order valence-corrected chi connectivity index (χ0v) is 15.1. The van der Waals surface area contributed by atoms with Crippen molar-refractivity contribution in [3.8, 4) is 0 Å². The van der Waals surface area contributed by atoms with Crippen molar-refractivity contribution in [2.75, 3.05) is 25.9 Å². The predicted molar refractivity (Wildman–Crippen MR) is 106 cm³/mol. The third kappa shape index (κ3) is 3.92. The summed E-state index contributed by atoms with van der Waals surface area (Å²) in [6.45, 7) is 3.59. The molecule has 1 aromatic heterocycles. The predicted octanol–water partition coefficient (Wildman–Crippen LogP) is 2.13. The van der Waals surface area contributed by atoms with E-state index in [-0.39, 0.29) is 5.95 Å².